The summed E-state index contributed by atoms with van der Waals surface area (Å²) in [5.41, 5.74) is 0. The van der Waals surface area contributed by atoms with Crippen LogP contribution in [0.2, 0.25) is 0 Å². The van der Waals surface area contributed by atoms with Gasteiger partial charge in [0.2, 0.25) is 10.0 Å². The van der Waals surface area contributed by atoms with E-state index in [9.17, 15) is 18.3 Å². The van der Waals surface area contributed by atoms with Crippen LogP contribution in [0.3, 0.4) is 0 Å². The van der Waals surface area contributed by atoms with Crippen LogP contribution in [0.1, 0.15) is 12.8 Å². The van der Waals surface area contributed by atoms with Crippen LogP contribution in [-0.4, -0.2) is 43.5 Å². The first kappa shape index (κ1) is 18.2. The molecule has 0 aliphatic carbocycles. The maximum atomic E-state index is 12.7. The van der Waals surface area contributed by atoms with Crippen molar-refractivity contribution in [3.8, 4) is 17.2 Å². The Labute approximate surface area is 151 Å². The molecule has 1 atom stereocenters. The third-order valence-corrected chi connectivity index (χ3v) is 6.14. The van der Waals surface area contributed by atoms with Gasteiger partial charge in [0.05, 0.1) is 12.0 Å². The fraction of sp³-hybridized carbons (Fsp3) is 0.278. The van der Waals surface area contributed by atoms with Gasteiger partial charge in [-0.2, -0.15) is 4.31 Å². The Bertz CT molecular complexity index is 894. The lowest BCUT2D eigenvalue weighted by molar-refractivity contribution is -0.140. The number of hydrogen-bond acceptors (Lipinski definition) is 5. The largest absolute Gasteiger partial charge is 0.493 e. The zero-order valence-electron chi connectivity index (χ0n) is 14.2. The molecule has 1 unspecified atom stereocenters. The third-order valence-electron chi connectivity index (χ3n) is 4.22. The summed E-state index contributed by atoms with van der Waals surface area (Å²) in [5.74, 6) is 0.397. The number of benzene rings is 2. The van der Waals surface area contributed by atoms with E-state index in [-0.39, 0.29) is 11.4 Å². The van der Waals surface area contributed by atoms with Crippen molar-refractivity contribution in [1.82, 2.24) is 4.31 Å². The quantitative estimate of drug-likeness (QED) is 0.832. The first-order chi connectivity index (χ1) is 12.4. The van der Waals surface area contributed by atoms with Gasteiger partial charge in [0.25, 0.3) is 0 Å². The van der Waals surface area contributed by atoms with E-state index in [1.165, 1.54) is 31.4 Å². The maximum absolute atomic E-state index is 12.7. The average molecular weight is 377 g/mol. The highest BCUT2D eigenvalue weighted by Crippen LogP contribution is 2.32. The predicted octanol–water partition coefficient (Wildman–Crippen LogP) is 2.73. The van der Waals surface area contributed by atoms with Gasteiger partial charge in [0.1, 0.15) is 11.8 Å². The molecule has 3 rings (SSSR count). The van der Waals surface area contributed by atoms with Gasteiger partial charge in [-0.1, -0.05) is 12.1 Å². The summed E-state index contributed by atoms with van der Waals surface area (Å²) in [5, 5.41) is 9.21. The lowest BCUT2D eigenvalue weighted by Crippen LogP contribution is -2.40. The molecule has 0 bridgehead atoms. The molecule has 7 nitrogen and oxygen atoms in total. The van der Waals surface area contributed by atoms with Gasteiger partial charge in [0, 0.05) is 6.54 Å². The fourth-order valence-electron chi connectivity index (χ4n) is 2.92. The Balaban J connectivity index is 1.82. The molecule has 8 heteroatoms. The summed E-state index contributed by atoms with van der Waals surface area (Å²) in [7, 11) is -2.33. The second kappa shape index (κ2) is 7.35. The molecular weight excluding hydrogens is 358 g/mol. The predicted molar refractivity (Wildman–Crippen MR) is 94.1 cm³/mol. The molecule has 138 valence electrons. The van der Waals surface area contributed by atoms with Crippen molar-refractivity contribution in [3.63, 3.8) is 0 Å². The number of ether oxygens (including phenoxy) is 2. The number of para-hydroxylation sites is 2. The minimum atomic E-state index is -3.86. The molecule has 0 spiro atoms. The van der Waals surface area contributed by atoms with Crippen LogP contribution >= 0.6 is 0 Å². The Kier molecular flexibility index (Phi) is 5.15. The molecule has 0 aromatic heterocycles. The van der Waals surface area contributed by atoms with Crippen LogP contribution < -0.4 is 9.47 Å². The van der Waals surface area contributed by atoms with Crippen molar-refractivity contribution in [1.29, 1.82) is 0 Å². The number of nitrogens with zero attached hydrogens (tertiary/aromatic N) is 1. The van der Waals surface area contributed by atoms with Crippen molar-refractivity contribution < 1.29 is 27.8 Å². The van der Waals surface area contributed by atoms with Gasteiger partial charge in [-0.25, -0.2) is 8.42 Å². The number of carboxylic acids is 1. The number of methoxy groups -OCH3 is 1. The third kappa shape index (κ3) is 3.51. The summed E-state index contributed by atoms with van der Waals surface area (Å²) >= 11 is 0. The van der Waals surface area contributed by atoms with Crippen LogP contribution in [0, 0.1) is 0 Å². The average Bonchev–Trinajstić information content (AvgIpc) is 3.14. The second-order valence-corrected chi connectivity index (χ2v) is 7.73. The van der Waals surface area contributed by atoms with Crippen molar-refractivity contribution in [2.75, 3.05) is 13.7 Å². The number of hydrogen-bond donors (Lipinski definition) is 1. The van der Waals surface area contributed by atoms with E-state index < -0.39 is 22.0 Å². The number of rotatable bonds is 6. The van der Waals surface area contributed by atoms with Crippen molar-refractivity contribution in [2.45, 2.75) is 23.8 Å². The SMILES string of the molecule is COc1ccccc1Oc1ccc(S(=O)(=O)N2CCCC2C(=O)O)cc1. The number of carbonyl (C=O) groups is 1. The molecule has 1 aliphatic heterocycles. The van der Waals surface area contributed by atoms with Gasteiger partial charge >= 0.3 is 5.97 Å². The minimum absolute atomic E-state index is 0.0398. The molecular formula is C18H19NO6S. The highest BCUT2D eigenvalue weighted by molar-refractivity contribution is 7.89. The number of aliphatic carboxylic acids is 1. The van der Waals surface area contributed by atoms with E-state index in [0.29, 0.717) is 30.1 Å². The smallest absolute Gasteiger partial charge is 0.322 e. The van der Waals surface area contributed by atoms with E-state index >= 15 is 0 Å². The fourth-order valence-corrected chi connectivity index (χ4v) is 4.57. The van der Waals surface area contributed by atoms with Gasteiger partial charge < -0.3 is 14.6 Å². The standard InChI is InChI=1S/C18H19NO6S/c1-24-16-6-2-3-7-17(16)25-13-8-10-14(11-9-13)26(22,23)19-12-4-5-15(19)18(20)21/h2-3,6-11,15H,4-5,12H2,1H3,(H,20,21). The van der Waals surface area contributed by atoms with Gasteiger partial charge in [-0.15, -0.1) is 0 Å². The Morgan fingerprint density at radius 1 is 1.12 bits per heavy atom. The van der Waals surface area contributed by atoms with E-state index in [1.807, 2.05) is 6.07 Å². The van der Waals surface area contributed by atoms with Crippen LogP contribution in [0.4, 0.5) is 0 Å². The molecule has 1 fully saturated rings. The Morgan fingerprint density at radius 3 is 2.38 bits per heavy atom. The molecule has 0 radical (unpaired) electrons. The molecule has 2 aromatic carbocycles. The summed E-state index contributed by atoms with van der Waals surface area (Å²) in [6, 6.07) is 12.0. The lowest BCUT2D eigenvalue weighted by Gasteiger charge is -2.21. The maximum Gasteiger partial charge on any atom is 0.322 e. The van der Waals surface area contributed by atoms with E-state index in [4.69, 9.17) is 9.47 Å². The topological polar surface area (TPSA) is 93.1 Å². The number of carboxylic acid groups (broad SMARTS) is 1. The Morgan fingerprint density at radius 2 is 1.77 bits per heavy atom. The second-order valence-electron chi connectivity index (χ2n) is 5.84. The Hall–Kier alpha value is -2.58. The lowest BCUT2D eigenvalue weighted by atomic mass is 10.2. The summed E-state index contributed by atoms with van der Waals surface area (Å²) < 4.78 is 37.4. The van der Waals surface area contributed by atoms with E-state index in [1.54, 1.807) is 18.2 Å². The molecule has 1 heterocycles. The summed E-state index contributed by atoms with van der Waals surface area (Å²) in [6.45, 7) is 0.207. The number of sulfonamides is 1. The van der Waals surface area contributed by atoms with Crippen molar-refractivity contribution in [3.05, 3.63) is 48.5 Å². The van der Waals surface area contributed by atoms with Gasteiger partial charge in [-0.3, -0.25) is 4.79 Å². The van der Waals surface area contributed by atoms with Crippen LogP contribution in [0.25, 0.3) is 0 Å². The van der Waals surface area contributed by atoms with Gasteiger partial charge in [-0.05, 0) is 49.2 Å². The molecule has 1 N–H and O–H groups in total. The summed E-state index contributed by atoms with van der Waals surface area (Å²) in [6.07, 6.45) is 0.856. The molecule has 0 saturated carbocycles. The zero-order valence-corrected chi connectivity index (χ0v) is 15.0. The van der Waals surface area contributed by atoms with Crippen LogP contribution in [-0.2, 0) is 14.8 Å². The summed E-state index contributed by atoms with van der Waals surface area (Å²) in [4.78, 5) is 11.3. The van der Waals surface area contributed by atoms with Gasteiger partial charge in [0.15, 0.2) is 11.5 Å². The van der Waals surface area contributed by atoms with E-state index in [2.05, 4.69) is 0 Å². The first-order valence-electron chi connectivity index (χ1n) is 8.09. The molecule has 26 heavy (non-hydrogen) atoms. The van der Waals surface area contributed by atoms with Crippen molar-refractivity contribution in [2.24, 2.45) is 0 Å². The monoisotopic (exact) mass is 377 g/mol. The van der Waals surface area contributed by atoms with Crippen LogP contribution in [0.15, 0.2) is 53.4 Å². The van der Waals surface area contributed by atoms with Crippen LogP contribution in [0.5, 0.6) is 17.2 Å². The van der Waals surface area contributed by atoms with Crippen molar-refractivity contribution >= 4 is 16.0 Å². The molecule has 1 saturated heterocycles. The molecule has 0 amide bonds. The highest BCUT2D eigenvalue weighted by atomic mass is 32.2. The highest BCUT2D eigenvalue weighted by Gasteiger charge is 2.39. The zero-order chi connectivity index (χ0) is 18.7. The minimum Gasteiger partial charge on any atom is -0.493 e. The van der Waals surface area contributed by atoms with E-state index in [0.717, 1.165) is 4.31 Å². The normalized spacial score (nSPS) is 17.8. The molecule has 1 aliphatic rings. The first-order valence-corrected chi connectivity index (χ1v) is 9.53. The molecule has 2 aromatic rings.